The van der Waals surface area contributed by atoms with Gasteiger partial charge in [-0.3, -0.25) is 4.79 Å². The third-order valence-corrected chi connectivity index (χ3v) is 4.97. The molecule has 2 heterocycles. The van der Waals surface area contributed by atoms with Gasteiger partial charge < -0.3 is 23.7 Å². The number of benzene rings is 1. The van der Waals surface area contributed by atoms with E-state index in [4.69, 9.17) is 23.7 Å². The summed E-state index contributed by atoms with van der Waals surface area (Å²) in [5.74, 6) is -0.406. The number of esters is 1. The van der Waals surface area contributed by atoms with Crippen molar-refractivity contribution in [1.82, 2.24) is 0 Å². The lowest BCUT2D eigenvalue weighted by molar-refractivity contribution is -0.316. The van der Waals surface area contributed by atoms with Gasteiger partial charge in [0, 0.05) is 24.5 Å². The van der Waals surface area contributed by atoms with E-state index < -0.39 is 12.6 Å². The highest BCUT2D eigenvalue weighted by molar-refractivity contribution is 5.76. The lowest BCUT2D eigenvalue weighted by Gasteiger charge is -2.41. The summed E-state index contributed by atoms with van der Waals surface area (Å²) < 4.78 is 28.2. The van der Waals surface area contributed by atoms with Crippen LogP contribution in [0.1, 0.15) is 11.9 Å². The second-order valence-electron chi connectivity index (χ2n) is 6.16. The maximum absolute atomic E-state index is 12.0. The monoisotopic (exact) mass is 320 g/mol. The van der Waals surface area contributed by atoms with E-state index in [1.807, 2.05) is 30.3 Å². The number of methoxy groups -OCH3 is 2. The van der Waals surface area contributed by atoms with E-state index in [1.165, 1.54) is 7.11 Å². The van der Waals surface area contributed by atoms with Gasteiger partial charge in [-0.2, -0.15) is 0 Å². The first-order valence-electron chi connectivity index (χ1n) is 7.82. The molecule has 1 saturated carbocycles. The van der Waals surface area contributed by atoms with E-state index in [0.29, 0.717) is 6.61 Å². The Morgan fingerprint density at radius 3 is 2.61 bits per heavy atom. The molecule has 0 N–H and O–H groups in total. The highest BCUT2D eigenvalue weighted by Gasteiger charge is 2.69. The summed E-state index contributed by atoms with van der Waals surface area (Å²) in [6, 6.07) is 9.78. The highest BCUT2D eigenvalue weighted by atomic mass is 16.7. The van der Waals surface area contributed by atoms with E-state index in [2.05, 4.69) is 0 Å². The fourth-order valence-electron chi connectivity index (χ4n) is 3.85. The number of carbonyl (C=O) groups is 1. The third kappa shape index (κ3) is 2.46. The molecule has 124 valence electrons. The molecule has 0 spiro atoms. The van der Waals surface area contributed by atoms with Crippen LogP contribution in [0.2, 0.25) is 0 Å². The number of hydrogen-bond acceptors (Lipinski definition) is 6. The van der Waals surface area contributed by atoms with Crippen LogP contribution in [-0.4, -0.2) is 45.3 Å². The van der Waals surface area contributed by atoms with Crippen molar-refractivity contribution in [3.63, 3.8) is 0 Å². The molecule has 1 aliphatic carbocycles. The minimum atomic E-state index is -0.431. The quantitative estimate of drug-likeness (QED) is 0.787. The Kier molecular flexibility index (Phi) is 3.85. The van der Waals surface area contributed by atoms with Crippen LogP contribution in [0, 0.1) is 17.8 Å². The number of rotatable bonds is 3. The van der Waals surface area contributed by atoms with Crippen molar-refractivity contribution in [3.05, 3.63) is 35.9 Å². The van der Waals surface area contributed by atoms with Crippen molar-refractivity contribution in [2.75, 3.05) is 20.8 Å². The lowest BCUT2D eigenvalue weighted by Crippen LogP contribution is -2.49. The predicted molar refractivity (Wildman–Crippen MR) is 78.2 cm³/mol. The van der Waals surface area contributed by atoms with Crippen LogP contribution in [0.3, 0.4) is 0 Å². The molecule has 7 atom stereocenters. The standard InChI is InChI=1S/C17H20O6/c1-19-15(18)12-11-13(12)17(20-2)22-10-8-21-16(23-14(10)11)9-6-4-3-5-7-9/h3-7,10-14,16-17H,8H2,1-2H3/t10-,11-,12+,13-,14-,16+,17+/m1/s1. The number of ether oxygens (including phenoxy) is 5. The van der Waals surface area contributed by atoms with E-state index in [1.54, 1.807) is 7.11 Å². The molecule has 0 aromatic heterocycles. The minimum absolute atomic E-state index is 0.0109. The molecule has 0 bridgehead atoms. The molecule has 0 unspecified atom stereocenters. The van der Waals surface area contributed by atoms with Crippen LogP contribution in [-0.2, 0) is 28.5 Å². The molecule has 0 radical (unpaired) electrons. The van der Waals surface area contributed by atoms with Gasteiger partial charge >= 0.3 is 5.97 Å². The molecule has 23 heavy (non-hydrogen) atoms. The van der Waals surface area contributed by atoms with Crippen molar-refractivity contribution >= 4 is 5.97 Å². The largest absolute Gasteiger partial charge is 0.469 e. The summed E-state index contributed by atoms with van der Waals surface area (Å²) in [5.41, 5.74) is 0.964. The lowest BCUT2D eigenvalue weighted by atomic mass is 10.0. The van der Waals surface area contributed by atoms with Crippen LogP contribution >= 0.6 is 0 Å². The molecule has 1 aromatic rings. The van der Waals surface area contributed by atoms with Crippen molar-refractivity contribution in [1.29, 1.82) is 0 Å². The van der Waals surface area contributed by atoms with Gasteiger partial charge in [-0.05, 0) is 0 Å². The van der Waals surface area contributed by atoms with Gasteiger partial charge in [-0.15, -0.1) is 0 Å². The average molecular weight is 320 g/mol. The van der Waals surface area contributed by atoms with Crippen LogP contribution in [0.4, 0.5) is 0 Å². The zero-order valence-corrected chi connectivity index (χ0v) is 13.1. The Hall–Kier alpha value is -1.47. The Balaban J connectivity index is 1.54. The third-order valence-electron chi connectivity index (χ3n) is 4.97. The Bertz CT molecular complexity index is 576. The summed E-state index contributed by atoms with van der Waals surface area (Å²) in [5, 5.41) is 0. The van der Waals surface area contributed by atoms with Crippen molar-refractivity contribution < 1.29 is 28.5 Å². The smallest absolute Gasteiger partial charge is 0.309 e. The van der Waals surface area contributed by atoms with Crippen molar-refractivity contribution in [2.45, 2.75) is 24.8 Å². The molecule has 3 aliphatic rings. The molecule has 6 heteroatoms. The van der Waals surface area contributed by atoms with Crippen LogP contribution in [0.15, 0.2) is 30.3 Å². The molecule has 6 nitrogen and oxygen atoms in total. The van der Waals surface area contributed by atoms with Gasteiger partial charge in [-0.25, -0.2) is 0 Å². The van der Waals surface area contributed by atoms with Crippen LogP contribution in [0.25, 0.3) is 0 Å². The molecule has 2 saturated heterocycles. The van der Waals surface area contributed by atoms with Crippen LogP contribution in [0.5, 0.6) is 0 Å². The van der Waals surface area contributed by atoms with Gasteiger partial charge in [0.15, 0.2) is 12.6 Å². The Morgan fingerprint density at radius 2 is 1.91 bits per heavy atom. The molecule has 3 fully saturated rings. The van der Waals surface area contributed by atoms with Gasteiger partial charge in [-0.1, -0.05) is 30.3 Å². The zero-order valence-electron chi connectivity index (χ0n) is 13.1. The highest BCUT2D eigenvalue weighted by Crippen LogP contribution is 2.58. The van der Waals surface area contributed by atoms with Gasteiger partial charge in [0.1, 0.15) is 6.10 Å². The molecule has 2 aliphatic heterocycles. The fourth-order valence-corrected chi connectivity index (χ4v) is 3.85. The van der Waals surface area contributed by atoms with E-state index in [0.717, 1.165) is 5.56 Å². The second kappa shape index (κ2) is 5.87. The summed E-state index contributed by atoms with van der Waals surface area (Å²) >= 11 is 0. The number of hydrogen-bond donors (Lipinski definition) is 0. The second-order valence-corrected chi connectivity index (χ2v) is 6.16. The average Bonchev–Trinajstić information content (AvgIpc) is 3.36. The summed E-state index contributed by atoms with van der Waals surface area (Å²) in [6.45, 7) is 0.418. The number of fused-ring (bicyclic) bond motifs is 3. The Morgan fingerprint density at radius 1 is 1.13 bits per heavy atom. The SMILES string of the molecule is COC(=O)[C@H]1[C@H]2[C@@H]3O[C@@H](c4ccccc4)OC[C@H]3O[C@H](OC)[C@@H]12. The maximum atomic E-state index is 12.0. The Labute approximate surface area is 134 Å². The summed E-state index contributed by atoms with van der Waals surface area (Å²) in [7, 11) is 3.00. The molecular formula is C17H20O6. The first-order valence-corrected chi connectivity index (χ1v) is 7.82. The number of carbonyl (C=O) groups excluding carboxylic acids is 1. The van der Waals surface area contributed by atoms with Gasteiger partial charge in [0.2, 0.25) is 0 Å². The van der Waals surface area contributed by atoms with Crippen LogP contribution < -0.4 is 0 Å². The van der Waals surface area contributed by atoms with Crippen molar-refractivity contribution in [2.24, 2.45) is 17.8 Å². The summed E-state index contributed by atoms with van der Waals surface area (Å²) in [4.78, 5) is 12.0. The fraction of sp³-hybridized carbons (Fsp3) is 0.588. The minimum Gasteiger partial charge on any atom is -0.469 e. The topological polar surface area (TPSA) is 63.2 Å². The molecule has 1 aromatic carbocycles. The molecule has 0 amide bonds. The zero-order chi connectivity index (χ0) is 16.0. The summed E-state index contributed by atoms with van der Waals surface area (Å²) in [6.07, 6.45) is -1.25. The van der Waals surface area contributed by atoms with Gasteiger partial charge in [0.25, 0.3) is 0 Å². The van der Waals surface area contributed by atoms with E-state index in [9.17, 15) is 4.79 Å². The van der Waals surface area contributed by atoms with E-state index in [-0.39, 0.29) is 35.9 Å². The van der Waals surface area contributed by atoms with Gasteiger partial charge in [0.05, 0.1) is 25.7 Å². The first-order chi connectivity index (χ1) is 11.2. The van der Waals surface area contributed by atoms with E-state index >= 15 is 0 Å². The molecule has 4 rings (SSSR count). The maximum Gasteiger partial charge on any atom is 0.309 e. The molecular weight excluding hydrogens is 300 g/mol. The first kappa shape index (κ1) is 15.1. The normalized spacial score (nSPS) is 41.6. The van der Waals surface area contributed by atoms with Crippen molar-refractivity contribution in [3.8, 4) is 0 Å². The predicted octanol–water partition coefficient (Wildman–Crippen LogP) is 1.51.